The Morgan fingerprint density at radius 1 is 1.73 bits per heavy atom. The van der Waals surface area contributed by atoms with Crippen LogP contribution in [0, 0.1) is 5.82 Å². The van der Waals surface area contributed by atoms with Crippen molar-refractivity contribution in [3.8, 4) is 0 Å². The Bertz CT molecular complexity index is 254. The van der Waals surface area contributed by atoms with Crippen molar-refractivity contribution >= 4 is 11.6 Å². The molecule has 0 unspecified atom stereocenters. The molecule has 0 aliphatic carbocycles. The summed E-state index contributed by atoms with van der Waals surface area (Å²) in [5.74, 6) is -0.392. The Kier molecular flexibility index (Phi) is 2.79. The van der Waals surface area contributed by atoms with Gasteiger partial charge in [0.15, 0.2) is 0 Å². The molecule has 0 bridgehead atoms. The van der Waals surface area contributed by atoms with E-state index < -0.39 is 5.82 Å². The van der Waals surface area contributed by atoms with Gasteiger partial charge in [-0.15, -0.1) is 0 Å². The molecule has 1 aromatic heterocycles. The van der Waals surface area contributed by atoms with Gasteiger partial charge >= 0.3 is 0 Å². The number of pyridine rings is 1. The van der Waals surface area contributed by atoms with Crippen LogP contribution >= 0.6 is 11.6 Å². The van der Waals surface area contributed by atoms with Crippen molar-refractivity contribution in [3.05, 3.63) is 28.8 Å². The Balaban J connectivity index is 2.93. The lowest BCUT2D eigenvalue weighted by Gasteiger charge is -2.00. The van der Waals surface area contributed by atoms with Crippen LogP contribution in [0.1, 0.15) is 5.56 Å². The van der Waals surface area contributed by atoms with Gasteiger partial charge in [-0.1, -0.05) is 11.6 Å². The van der Waals surface area contributed by atoms with Gasteiger partial charge in [-0.3, -0.25) is 0 Å². The van der Waals surface area contributed by atoms with Crippen molar-refractivity contribution in [2.75, 3.05) is 7.11 Å². The third kappa shape index (κ3) is 2.13. The van der Waals surface area contributed by atoms with E-state index in [0.717, 1.165) is 6.20 Å². The number of aromatic nitrogens is 1. The Labute approximate surface area is 69.0 Å². The lowest BCUT2D eigenvalue weighted by Crippen LogP contribution is -1.93. The van der Waals surface area contributed by atoms with Crippen LogP contribution < -0.4 is 0 Å². The van der Waals surface area contributed by atoms with Gasteiger partial charge in [0.1, 0.15) is 11.0 Å². The fourth-order valence-corrected chi connectivity index (χ4v) is 0.898. The highest BCUT2D eigenvalue weighted by Gasteiger charge is 2.02. The molecule has 4 heteroatoms. The fourth-order valence-electron chi connectivity index (χ4n) is 0.717. The summed E-state index contributed by atoms with van der Waals surface area (Å²) < 4.78 is 17.5. The average Bonchev–Trinajstić information content (AvgIpc) is 1.98. The van der Waals surface area contributed by atoms with Gasteiger partial charge in [0, 0.05) is 12.7 Å². The highest BCUT2D eigenvalue weighted by Crippen LogP contribution is 2.11. The minimum atomic E-state index is -0.392. The first-order chi connectivity index (χ1) is 5.24. The molecule has 0 aliphatic rings. The second-order valence-electron chi connectivity index (χ2n) is 2.03. The smallest absolute Gasteiger partial charge is 0.147 e. The van der Waals surface area contributed by atoms with Crippen LogP contribution in [0.2, 0.25) is 5.15 Å². The molecule has 60 valence electrons. The Morgan fingerprint density at radius 2 is 2.45 bits per heavy atom. The number of ether oxygens (including phenoxy) is 1. The summed E-state index contributed by atoms with van der Waals surface area (Å²) in [6.07, 6.45) is 1.08. The topological polar surface area (TPSA) is 22.1 Å². The maximum atomic E-state index is 12.8. The van der Waals surface area contributed by atoms with E-state index in [2.05, 4.69) is 4.98 Å². The zero-order valence-electron chi connectivity index (χ0n) is 5.97. The van der Waals surface area contributed by atoms with Crippen LogP contribution in [0.4, 0.5) is 4.39 Å². The second kappa shape index (κ2) is 3.64. The van der Waals surface area contributed by atoms with Crippen LogP contribution in [0.25, 0.3) is 0 Å². The van der Waals surface area contributed by atoms with E-state index in [0.29, 0.717) is 5.56 Å². The lowest BCUT2D eigenvalue weighted by atomic mass is 10.3. The van der Waals surface area contributed by atoms with E-state index in [1.807, 2.05) is 0 Å². The number of hydrogen-bond acceptors (Lipinski definition) is 2. The van der Waals surface area contributed by atoms with Crippen LogP contribution in [0.3, 0.4) is 0 Å². The number of rotatable bonds is 2. The number of halogens is 2. The van der Waals surface area contributed by atoms with Crippen LogP contribution in [-0.4, -0.2) is 12.1 Å². The van der Waals surface area contributed by atoms with Crippen molar-refractivity contribution in [2.24, 2.45) is 0 Å². The van der Waals surface area contributed by atoms with Crippen molar-refractivity contribution in [2.45, 2.75) is 6.61 Å². The summed E-state index contributed by atoms with van der Waals surface area (Å²) in [4.78, 5) is 3.56. The van der Waals surface area contributed by atoms with Gasteiger partial charge in [0.25, 0.3) is 0 Å². The van der Waals surface area contributed by atoms with Crippen LogP contribution in [0.15, 0.2) is 12.3 Å². The van der Waals surface area contributed by atoms with E-state index in [-0.39, 0.29) is 11.8 Å². The monoisotopic (exact) mass is 175 g/mol. The van der Waals surface area contributed by atoms with E-state index in [9.17, 15) is 4.39 Å². The molecule has 0 saturated heterocycles. The van der Waals surface area contributed by atoms with Gasteiger partial charge in [-0.05, 0) is 6.07 Å². The molecule has 1 rings (SSSR count). The summed E-state index contributed by atoms with van der Waals surface area (Å²) in [6, 6.07) is 1.44. The molecular formula is C7H7ClFNO. The van der Waals surface area contributed by atoms with Crippen molar-refractivity contribution in [1.29, 1.82) is 0 Å². The molecule has 0 saturated carbocycles. The van der Waals surface area contributed by atoms with Crippen molar-refractivity contribution in [3.63, 3.8) is 0 Å². The maximum Gasteiger partial charge on any atom is 0.147 e. The van der Waals surface area contributed by atoms with Gasteiger partial charge in [0.2, 0.25) is 0 Å². The van der Waals surface area contributed by atoms with Crippen molar-refractivity contribution in [1.82, 2.24) is 4.98 Å². The maximum absolute atomic E-state index is 12.8. The van der Waals surface area contributed by atoms with E-state index >= 15 is 0 Å². The standard InChI is InChI=1S/C7H7ClFNO/c1-11-4-5-2-7(8)10-3-6(5)9/h2-3H,4H2,1H3. The van der Waals surface area contributed by atoms with Gasteiger partial charge in [-0.25, -0.2) is 9.37 Å². The van der Waals surface area contributed by atoms with Gasteiger partial charge in [0.05, 0.1) is 12.8 Å². The van der Waals surface area contributed by atoms with E-state index in [1.165, 1.54) is 13.2 Å². The molecule has 2 nitrogen and oxygen atoms in total. The van der Waals surface area contributed by atoms with E-state index in [4.69, 9.17) is 16.3 Å². The molecule has 1 aromatic rings. The first-order valence-electron chi connectivity index (χ1n) is 3.03. The SMILES string of the molecule is COCc1cc(Cl)ncc1F. The van der Waals surface area contributed by atoms with E-state index in [1.54, 1.807) is 0 Å². The van der Waals surface area contributed by atoms with Crippen molar-refractivity contribution < 1.29 is 9.13 Å². The average molecular weight is 176 g/mol. The summed E-state index contributed by atoms with van der Waals surface area (Å²) in [5.41, 5.74) is 0.424. The lowest BCUT2D eigenvalue weighted by molar-refractivity contribution is 0.181. The molecule has 0 N–H and O–H groups in total. The second-order valence-corrected chi connectivity index (χ2v) is 2.42. The zero-order valence-corrected chi connectivity index (χ0v) is 6.73. The predicted molar refractivity (Wildman–Crippen MR) is 39.9 cm³/mol. The Morgan fingerprint density at radius 3 is 3.09 bits per heavy atom. The highest BCUT2D eigenvalue weighted by atomic mass is 35.5. The summed E-state index contributed by atoms with van der Waals surface area (Å²) >= 11 is 5.52. The van der Waals surface area contributed by atoms with Crippen LogP contribution in [-0.2, 0) is 11.3 Å². The summed E-state index contributed by atoms with van der Waals surface area (Å²) in [6.45, 7) is 0.216. The van der Waals surface area contributed by atoms with Crippen LogP contribution in [0.5, 0.6) is 0 Å². The third-order valence-corrected chi connectivity index (χ3v) is 1.41. The van der Waals surface area contributed by atoms with Gasteiger partial charge in [-0.2, -0.15) is 0 Å². The quantitative estimate of drug-likeness (QED) is 0.642. The van der Waals surface area contributed by atoms with Gasteiger partial charge < -0.3 is 4.74 Å². The molecule has 1 heterocycles. The molecule has 0 fully saturated rings. The minimum absolute atomic E-state index is 0.216. The largest absolute Gasteiger partial charge is 0.380 e. The molecule has 0 spiro atoms. The summed E-state index contributed by atoms with van der Waals surface area (Å²) in [5, 5.41) is 0.276. The highest BCUT2D eigenvalue weighted by molar-refractivity contribution is 6.29. The fraction of sp³-hybridized carbons (Fsp3) is 0.286. The third-order valence-electron chi connectivity index (χ3n) is 1.20. The minimum Gasteiger partial charge on any atom is -0.380 e. The molecule has 0 aromatic carbocycles. The number of methoxy groups -OCH3 is 1. The molecule has 11 heavy (non-hydrogen) atoms. The zero-order chi connectivity index (χ0) is 8.27. The molecular weight excluding hydrogens is 169 g/mol. The first-order valence-corrected chi connectivity index (χ1v) is 3.40. The Hall–Kier alpha value is -0.670. The number of nitrogens with zero attached hydrogens (tertiary/aromatic N) is 1. The molecule has 0 amide bonds. The predicted octanol–water partition coefficient (Wildman–Crippen LogP) is 2.02. The molecule has 0 atom stereocenters. The molecule has 0 aliphatic heterocycles. The normalized spacial score (nSPS) is 10.1. The number of hydrogen-bond donors (Lipinski definition) is 0. The summed E-state index contributed by atoms with van der Waals surface area (Å²) in [7, 11) is 1.49. The first kappa shape index (κ1) is 8.43. The molecule has 0 radical (unpaired) electrons.